The maximum absolute atomic E-state index is 11.6. The van der Waals surface area contributed by atoms with Crippen LogP contribution in [0.4, 0.5) is 10.5 Å². The smallest absolute Gasteiger partial charge is 0.407 e. The number of halogens is 1. The summed E-state index contributed by atoms with van der Waals surface area (Å²) in [6.45, 7) is 1.10. The Kier molecular flexibility index (Phi) is 5.28. The molecule has 1 fully saturated rings. The van der Waals surface area contributed by atoms with Crippen LogP contribution in [0.5, 0.6) is 0 Å². The van der Waals surface area contributed by atoms with Crippen molar-refractivity contribution in [2.75, 3.05) is 25.0 Å². The molecule has 22 heavy (non-hydrogen) atoms. The molecule has 0 aliphatic carbocycles. The van der Waals surface area contributed by atoms with Crippen LogP contribution in [-0.2, 0) is 4.79 Å². The molecule has 0 bridgehead atoms. The fourth-order valence-corrected chi connectivity index (χ4v) is 2.98. The van der Waals surface area contributed by atoms with E-state index in [1.807, 2.05) is 24.3 Å². The van der Waals surface area contributed by atoms with Crippen LogP contribution in [-0.4, -0.2) is 46.8 Å². The number of anilines is 1. The van der Waals surface area contributed by atoms with E-state index >= 15 is 0 Å². The number of piperidine rings is 1. The highest BCUT2D eigenvalue weighted by Gasteiger charge is 2.41. The van der Waals surface area contributed by atoms with E-state index in [1.54, 1.807) is 0 Å². The van der Waals surface area contributed by atoms with E-state index < -0.39 is 17.5 Å². The highest BCUT2D eigenvalue weighted by molar-refractivity contribution is 9.10. The van der Waals surface area contributed by atoms with Gasteiger partial charge in [0.05, 0.1) is 5.41 Å². The van der Waals surface area contributed by atoms with Crippen LogP contribution >= 0.6 is 15.9 Å². The number of benzene rings is 1. The molecule has 120 valence electrons. The zero-order valence-electron chi connectivity index (χ0n) is 12.1. The van der Waals surface area contributed by atoms with Crippen LogP contribution in [0.25, 0.3) is 0 Å². The van der Waals surface area contributed by atoms with Gasteiger partial charge in [-0.25, -0.2) is 4.79 Å². The molecule has 0 radical (unpaired) electrons. The average molecular weight is 371 g/mol. The standard InChI is InChI=1S/C15H19BrN2O4/c16-11-1-3-12(4-2-11)17-8-5-15(13(19)20)6-9-18(10-7-15)14(21)22/h1-4,17H,5-10H2,(H,19,20)(H,21,22). The molecule has 1 aliphatic heterocycles. The quantitative estimate of drug-likeness (QED) is 0.740. The Bertz CT molecular complexity index is 539. The lowest BCUT2D eigenvalue weighted by atomic mass is 9.75. The van der Waals surface area contributed by atoms with E-state index in [-0.39, 0.29) is 13.1 Å². The maximum Gasteiger partial charge on any atom is 0.407 e. The van der Waals surface area contributed by atoms with Crippen LogP contribution in [0.15, 0.2) is 28.7 Å². The van der Waals surface area contributed by atoms with Gasteiger partial charge in [0, 0.05) is 29.8 Å². The number of rotatable bonds is 5. The van der Waals surface area contributed by atoms with Gasteiger partial charge in [-0.15, -0.1) is 0 Å². The Balaban J connectivity index is 1.91. The molecule has 0 aromatic heterocycles. The lowest BCUT2D eigenvalue weighted by Gasteiger charge is -2.37. The van der Waals surface area contributed by atoms with E-state index in [1.165, 1.54) is 4.90 Å². The van der Waals surface area contributed by atoms with Crippen LogP contribution in [0.2, 0.25) is 0 Å². The van der Waals surface area contributed by atoms with Gasteiger partial charge in [0.25, 0.3) is 0 Å². The van der Waals surface area contributed by atoms with Crippen LogP contribution in [0.1, 0.15) is 19.3 Å². The fourth-order valence-electron chi connectivity index (χ4n) is 2.71. The second kappa shape index (κ2) is 7.00. The normalized spacial score (nSPS) is 17.0. The van der Waals surface area contributed by atoms with Crippen molar-refractivity contribution in [2.45, 2.75) is 19.3 Å². The molecule has 1 amide bonds. The molecule has 7 heteroatoms. The van der Waals surface area contributed by atoms with Gasteiger partial charge in [-0.3, -0.25) is 4.79 Å². The summed E-state index contributed by atoms with van der Waals surface area (Å²) in [5.74, 6) is -0.838. The predicted molar refractivity (Wildman–Crippen MR) is 86.1 cm³/mol. The lowest BCUT2D eigenvalue weighted by molar-refractivity contribution is -0.152. The number of aliphatic carboxylic acids is 1. The van der Waals surface area contributed by atoms with Crippen LogP contribution < -0.4 is 5.32 Å². The Morgan fingerprint density at radius 2 is 1.77 bits per heavy atom. The molecule has 0 unspecified atom stereocenters. The maximum atomic E-state index is 11.6. The summed E-state index contributed by atoms with van der Waals surface area (Å²) in [5.41, 5.74) is 0.0978. The van der Waals surface area contributed by atoms with E-state index in [4.69, 9.17) is 5.11 Å². The van der Waals surface area contributed by atoms with Crippen molar-refractivity contribution in [3.8, 4) is 0 Å². The first-order valence-corrected chi connectivity index (χ1v) is 7.93. The monoisotopic (exact) mass is 370 g/mol. The summed E-state index contributed by atoms with van der Waals surface area (Å²) in [6.07, 6.45) is 0.214. The highest BCUT2D eigenvalue weighted by Crippen LogP contribution is 2.35. The molecule has 1 aromatic rings. The predicted octanol–water partition coefficient (Wildman–Crippen LogP) is 3.10. The fraction of sp³-hybridized carbons (Fsp3) is 0.467. The Hall–Kier alpha value is -1.76. The van der Waals surface area contributed by atoms with E-state index in [0.717, 1.165) is 10.2 Å². The molecule has 6 nitrogen and oxygen atoms in total. The number of carboxylic acids is 1. The van der Waals surface area contributed by atoms with Crippen LogP contribution in [0.3, 0.4) is 0 Å². The first kappa shape index (κ1) is 16.6. The molecule has 0 spiro atoms. The molecular formula is C15H19BrN2O4. The van der Waals surface area contributed by atoms with Gasteiger partial charge in [-0.2, -0.15) is 0 Å². The summed E-state index contributed by atoms with van der Waals surface area (Å²) in [4.78, 5) is 23.8. The number of nitrogens with one attached hydrogen (secondary N) is 1. The van der Waals surface area contributed by atoms with Crippen LogP contribution in [0, 0.1) is 5.41 Å². The molecule has 2 rings (SSSR count). The van der Waals surface area contributed by atoms with Gasteiger partial charge >= 0.3 is 12.1 Å². The zero-order valence-corrected chi connectivity index (χ0v) is 13.7. The topological polar surface area (TPSA) is 89.9 Å². The minimum absolute atomic E-state index is 0.278. The summed E-state index contributed by atoms with van der Waals surface area (Å²) in [5, 5.41) is 21.7. The van der Waals surface area contributed by atoms with E-state index in [2.05, 4.69) is 21.2 Å². The van der Waals surface area contributed by atoms with Gasteiger partial charge in [0.15, 0.2) is 0 Å². The van der Waals surface area contributed by atoms with Crippen molar-refractivity contribution in [2.24, 2.45) is 5.41 Å². The highest BCUT2D eigenvalue weighted by atomic mass is 79.9. The number of carbonyl (C=O) groups is 2. The zero-order chi connectivity index (χ0) is 16.2. The van der Waals surface area contributed by atoms with Gasteiger partial charge in [0.1, 0.15) is 0 Å². The molecule has 3 N–H and O–H groups in total. The number of likely N-dealkylation sites (tertiary alicyclic amines) is 1. The van der Waals surface area contributed by atoms with E-state index in [9.17, 15) is 14.7 Å². The Morgan fingerprint density at radius 3 is 2.27 bits per heavy atom. The number of amides is 1. The van der Waals surface area contributed by atoms with Crippen molar-refractivity contribution in [3.63, 3.8) is 0 Å². The SMILES string of the molecule is O=C(O)N1CCC(CCNc2ccc(Br)cc2)(C(=O)O)CC1. The van der Waals surface area contributed by atoms with Crippen molar-refractivity contribution < 1.29 is 19.8 Å². The molecule has 1 aromatic carbocycles. The Morgan fingerprint density at radius 1 is 1.18 bits per heavy atom. The summed E-state index contributed by atoms with van der Waals surface area (Å²) < 4.78 is 0.987. The van der Waals surface area contributed by atoms with Gasteiger partial charge in [-0.05, 0) is 43.5 Å². The van der Waals surface area contributed by atoms with Crippen molar-refractivity contribution in [1.82, 2.24) is 4.90 Å². The average Bonchev–Trinajstić information content (AvgIpc) is 2.49. The lowest BCUT2D eigenvalue weighted by Crippen LogP contribution is -2.46. The van der Waals surface area contributed by atoms with Crippen molar-refractivity contribution in [3.05, 3.63) is 28.7 Å². The van der Waals surface area contributed by atoms with Gasteiger partial charge < -0.3 is 20.4 Å². The van der Waals surface area contributed by atoms with Gasteiger partial charge in [0.2, 0.25) is 0 Å². The molecule has 0 atom stereocenters. The van der Waals surface area contributed by atoms with Crippen molar-refractivity contribution in [1.29, 1.82) is 0 Å². The summed E-state index contributed by atoms with van der Waals surface area (Å²) in [6, 6.07) is 7.68. The second-order valence-corrected chi connectivity index (χ2v) is 6.45. The molecular weight excluding hydrogens is 352 g/mol. The Labute approximate surface area is 137 Å². The number of nitrogens with zero attached hydrogens (tertiary/aromatic N) is 1. The first-order valence-electron chi connectivity index (χ1n) is 7.14. The van der Waals surface area contributed by atoms with E-state index in [0.29, 0.717) is 25.8 Å². The summed E-state index contributed by atoms with van der Waals surface area (Å²) >= 11 is 3.36. The number of hydrogen-bond donors (Lipinski definition) is 3. The molecule has 1 saturated heterocycles. The minimum atomic E-state index is -0.980. The third-order valence-corrected chi connectivity index (χ3v) is 4.75. The second-order valence-electron chi connectivity index (χ2n) is 5.54. The largest absolute Gasteiger partial charge is 0.481 e. The summed E-state index contributed by atoms with van der Waals surface area (Å²) in [7, 11) is 0. The minimum Gasteiger partial charge on any atom is -0.481 e. The molecule has 1 aliphatic rings. The van der Waals surface area contributed by atoms with Crippen molar-refractivity contribution >= 4 is 33.7 Å². The third kappa shape index (κ3) is 3.91. The number of hydrogen-bond acceptors (Lipinski definition) is 3. The molecule has 1 heterocycles. The number of carboxylic acid groups (broad SMARTS) is 2. The molecule has 0 saturated carbocycles. The van der Waals surface area contributed by atoms with Gasteiger partial charge in [-0.1, -0.05) is 15.9 Å². The first-order chi connectivity index (χ1) is 10.4. The third-order valence-electron chi connectivity index (χ3n) is 4.22.